The van der Waals surface area contributed by atoms with Gasteiger partial charge >= 0.3 is 0 Å². The minimum Gasteiger partial charge on any atom is -0.341 e. The zero-order valence-corrected chi connectivity index (χ0v) is 15.6. The number of thiophene rings is 1. The second kappa shape index (κ2) is 6.39. The summed E-state index contributed by atoms with van der Waals surface area (Å²) in [5.41, 5.74) is 7.33. The molecule has 0 saturated heterocycles. The minimum absolute atomic E-state index is 0.0434. The molecule has 1 fully saturated rings. The third kappa shape index (κ3) is 3.51. The molecule has 0 aliphatic heterocycles. The molecular weight excluding hydrogens is 348 g/mol. The predicted octanol–water partition coefficient (Wildman–Crippen LogP) is 3.87. The number of hydrogen-bond acceptors (Lipinski definition) is 3. The molecule has 0 spiro atoms. The number of rotatable bonds is 3. The van der Waals surface area contributed by atoms with Crippen LogP contribution in [0.1, 0.15) is 39.2 Å². The first-order valence-corrected chi connectivity index (χ1v) is 9.14. The van der Waals surface area contributed by atoms with Crippen LogP contribution in [0.15, 0.2) is 15.2 Å². The van der Waals surface area contributed by atoms with E-state index in [1.807, 2.05) is 11.9 Å². The van der Waals surface area contributed by atoms with E-state index in [0.717, 1.165) is 16.6 Å². The lowest BCUT2D eigenvalue weighted by molar-refractivity contribution is -0.142. The van der Waals surface area contributed by atoms with Gasteiger partial charge in [-0.3, -0.25) is 4.79 Å². The molecule has 0 aromatic carbocycles. The first-order chi connectivity index (χ1) is 9.73. The number of amides is 1. The molecule has 2 rings (SSSR count). The molecular formula is C16H25BrN2OS. The van der Waals surface area contributed by atoms with E-state index in [0.29, 0.717) is 12.5 Å². The molecule has 5 heteroatoms. The fourth-order valence-electron chi connectivity index (χ4n) is 3.34. The Morgan fingerprint density at radius 1 is 1.52 bits per heavy atom. The number of nitrogens with zero attached hydrogens (tertiary/aromatic N) is 1. The summed E-state index contributed by atoms with van der Waals surface area (Å²) >= 11 is 5.13. The molecule has 3 atom stereocenters. The van der Waals surface area contributed by atoms with Crippen LogP contribution in [0.2, 0.25) is 0 Å². The quantitative estimate of drug-likeness (QED) is 0.874. The molecule has 1 amide bonds. The molecule has 1 aliphatic carbocycles. The highest BCUT2D eigenvalue weighted by Crippen LogP contribution is 2.45. The van der Waals surface area contributed by atoms with Crippen molar-refractivity contribution in [3.63, 3.8) is 0 Å². The van der Waals surface area contributed by atoms with Crippen LogP contribution >= 0.6 is 27.3 Å². The van der Waals surface area contributed by atoms with Gasteiger partial charge in [0.15, 0.2) is 0 Å². The van der Waals surface area contributed by atoms with Gasteiger partial charge in [0.05, 0.1) is 3.79 Å². The zero-order chi connectivity index (χ0) is 15.8. The van der Waals surface area contributed by atoms with Crippen molar-refractivity contribution in [3.8, 4) is 0 Å². The van der Waals surface area contributed by atoms with Gasteiger partial charge in [-0.15, -0.1) is 11.3 Å². The fourth-order valence-corrected chi connectivity index (χ4v) is 4.54. The van der Waals surface area contributed by atoms with E-state index in [4.69, 9.17) is 5.73 Å². The van der Waals surface area contributed by atoms with Crippen molar-refractivity contribution in [2.75, 3.05) is 7.05 Å². The summed E-state index contributed by atoms with van der Waals surface area (Å²) in [5, 5.41) is 2.10. The van der Waals surface area contributed by atoms with Crippen LogP contribution in [0.3, 0.4) is 0 Å². The molecule has 1 saturated carbocycles. The average Bonchev–Trinajstić information content (AvgIpc) is 2.81. The molecule has 3 nitrogen and oxygen atoms in total. The topological polar surface area (TPSA) is 46.3 Å². The van der Waals surface area contributed by atoms with Gasteiger partial charge in [-0.1, -0.05) is 20.8 Å². The second-order valence-electron chi connectivity index (χ2n) is 6.86. The maximum atomic E-state index is 12.9. The third-order valence-electron chi connectivity index (χ3n) is 5.22. The zero-order valence-electron chi connectivity index (χ0n) is 13.2. The molecule has 1 aliphatic rings. The summed E-state index contributed by atoms with van der Waals surface area (Å²) in [7, 11) is 1.91. The Hall–Kier alpha value is -0.390. The van der Waals surface area contributed by atoms with Crippen molar-refractivity contribution < 1.29 is 4.79 Å². The second-order valence-corrected chi connectivity index (χ2v) is 9.15. The number of carbonyl (C=O) groups excluding carboxylic acids is 1. The van der Waals surface area contributed by atoms with Gasteiger partial charge in [-0.25, -0.2) is 0 Å². The van der Waals surface area contributed by atoms with Crippen molar-refractivity contribution in [1.82, 2.24) is 4.90 Å². The van der Waals surface area contributed by atoms with Crippen LogP contribution in [-0.4, -0.2) is 23.9 Å². The first kappa shape index (κ1) is 17.0. The lowest BCUT2D eigenvalue weighted by atomic mass is 9.60. The van der Waals surface area contributed by atoms with Gasteiger partial charge < -0.3 is 10.6 Å². The van der Waals surface area contributed by atoms with Crippen LogP contribution in [0.25, 0.3) is 0 Å². The van der Waals surface area contributed by atoms with Crippen molar-refractivity contribution in [2.45, 2.75) is 46.2 Å². The van der Waals surface area contributed by atoms with Crippen LogP contribution in [0.4, 0.5) is 0 Å². The van der Waals surface area contributed by atoms with Crippen molar-refractivity contribution in [1.29, 1.82) is 0 Å². The summed E-state index contributed by atoms with van der Waals surface area (Å²) in [5.74, 6) is 0.685. The number of halogens is 1. The minimum atomic E-state index is -0.0434. The maximum Gasteiger partial charge on any atom is 0.226 e. The van der Waals surface area contributed by atoms with Crippen LogP contribution in [0.5, 0.6) is 0 Å². The number of hydrogen-bond donors (Lipinski definition) is 1. The predicted molar refractivity (Wildman–Crippen MR) is 92.1 cm³/mol. The van der Waals surface area contributed by atoms with Gasteiger partial charge in [0, 0.05) is 25.6 Å². The molecule has 0 radical (unpaired) electrons. The highest BCUT2D eigenvalue weighted by atomic mass is 79.9. The van der Waals surface area contributed by atoms with Gasteiger partial charge in [0.2, 0.25) is 5.91 Å². The van der Waals surface area contributed by atoms with E-state index in [1.54, 1.807) is 11.3 Å². The van der Waals surface area contributed by atoms with Crippen LogP contribution in [0, 0.1) is 17.3 Å². The Labute approximate surface area is 140 Å². The van der Waals surface area contributed by atoms with E-state index >= 15 is 0 Å². The summed E-state index contributed by atoms with van der Waals surface area (Å²) in [4.78, 5) is 14.7. The molecule has 1 heterocycles. The van der Waals surface area contributed by atoms with Crippen molar-refractivity contribution >= 4 is 33.2 Å². The molecule has 1 aromatic rings. The van der Waals surface area contributed by atoms with E-state index in [2.05, 4.69) is 48.1 Å². The van der Waals surface area contributed by atoms with Gasteiger partial charge in [-0.05, 0) is 57.1 Å². The highest BCUT2D eigenvalue weighted by Gasteiger charge is 2.45. The number of carbonyl (C=O) groups is 1. The largest absolute Gasteiger partial charge is 0.341 e. The summed E-state index contributed by atoms with van der Waals surface area (Å²) in [6, 6.07) is 2.29. The monoisotopic (exact) mass is 372 g/mol. The van der Waals surface area contributed by atoms with E-state index in [1.165, 1.54) is 5.56 Å². The average molecular weight is 373 g/mol. The Kier molecular flexibility index (Phi) is 5.16. The third-order valence-corrected chi connectivity index (χ3v) is 6.77. The van der Waals surface area contributed by atoms with Gasteiger partial charge in [0.1, 0.15) is 0 Å². The lowest BCUT2D eigenvalue weighted by Crippen LogP contribution is -2.51. The van der Waals surface area contributed by atoms with Crippen LogP contribution < -0.4 is 5.73 Å². The van der Waals surface area contributed by atoms with Gasteiger partial charge in [0.25, 0.3) is 0 Å². The van der Waals surface area contributed by atoms with Gasteiger partial charge in [-0.2, -0.15) is 0 Å². The van der Waals surface area contributed by atoms with E-state index in [9.17, 15) is 4.79 Å². The Morgan fingerprint density at radius 3 is 2.76 bits per heavy atom. The summed E-state index contributed by atoms with van der Waals surface area (Å²) in [6.45, 7) is 7.23. The molecule has 3 unspecified atom stereocenters. The fraction of sp³-hybridized carbons (Fsp3) is 0.688. The standard InChI is InChI=1S/C16H25BrN2OS/c1-10-13(18)6-5-12(16(10,2)3)15(20)19(4)8-11-7-14(17)21-9-11/h7,9-10,12-13H,5-6,8,18H2,1-4H3. The molecule has 2 N–H and O–H groups in total. The number of nitrogens with two attached hydrogens (primary N) is 1. The Morgan fingerprint density at radius 2 is 2.19 bits per heavy atom. The maximum absolute atomic E-state index is 12.9. The molecule has 21 heavy (non-hydrogen) atoms. The molecule has 0 bridgehead atoms. The van der Waals surface area contributed by atoms with Crippen molar-refractivity contribution in [3.05, 3.63) is 20.8 Å². The highest BCUT2D eigenvalue weighted by molar-refractivity contribution is 9.11. The van der Waals surface area contributed by atoms with E-state index < -0.39 is 0 Å². The smallest absolute Gasteiger partial charge is 0.226 e. The summed E-state index contributed by atoms with van der Waals surface area (Å²) < 4.78 is 1.11. The lowest BCUT2D eigenvalue weighted by Gasteiger charge is -2.47. The first-order valence-electron chi connectivity index (χ1n) is 7.47. The Bertz CT molecular complexity index is 514. The SMILES string of the molecule is CC1C(N)CCC(C(=O)N(C)Cc2csc(Br)c2)C1(C)C. The molecule has 1 aromatic heterocycles. The summed E-state index contributed by atoms with van der Waals surface area (Å²) in [6.07, 6.45) is 1.84. The van der Waals surface area contributed by atoms with Crippen molar-refractivity contribution in [2.24, 2.45) is 23.0 Å². The Balaban J connectivity index is 2.08. The molecule has 118 valence electrons. The van der Waals surface area contributed by atoms with E-state index in [-0.39, 0.29) is 23.3 Å². The van der Waals surface area contributed by atoms with Crippen LogP contribution in [-0.2, 0) is 11.3 Å². The normalized spacial score (nSPS) is 28.4.